The minimum atomic E-state index is 0.161. The van der Waals surface area contributed by atoms with Crippen LogP contribution in [0.3, 0.4) is 0 Å². The molecular formula is C8H12O. The zero-order valence-corrected chi connectivity index (χ0v) is 5.92. The van der Waals surface area contributed by atoms with Gasteiger partial charge < -0.3 is 0 Å². The van der Waals surface area contributed by atoms with E-state index >= 15 is 0 Å². The van der Waals surface area contributed by atoms with Gasteiger partial charge in [0.2, 0.25) is 0 Å². The number of allylic oxidation sites excluding steroid dienone is 2. The Labute approximate surface area is 55.8 Å². The SMILES string of the molecule is CC1C=CCC(C)C1=O. The summed E-state index contributed by atoms with van der Waals surface area (Å²) in [5.74, 6) is 0.802. The number of Topliss-reactive ketones (excluding diaryl/α,β-unsaturated/α-hetero) is 1. The normalized spacial score (nSPS) is 35.1. The van der Waals surface area contributed by atoms with Crippen molar-refractivity contribution < 1.29 is 4.79 Å². The van der Waals surface area contributed by atoms with E-state index in [4.69, 9.17) is 0 Å². The van der Waals surface area contributed by atoms with Gasteiger partial charge >= 0.3 is 0 Å². The summed E-state index contributed by atoms with van der Waals surface area (Å²) in [6.45, 7) is 3.94. The molecule has 2 atom stereocenters. The van der Waals surface area contributed by atoms with Crippen molar-refractivity contribution in [2.45, 2.75) is 20.3 Å². The fourth-order valence-corrected chi connectivity index (χ4v) is 1.15. The first-order chi connectivity index (χ1) is 4.22. The van der Waals surface area contributed by atoms with Crippen molar-refractivity contribution in [3.8, 4) is 0 Å². The van der Waals surface area contributed by atoms with Crippen molar-refractivity contribution in [2.75, 3.05) is 0 Å². The van der Waals surface area contributed by atoms with Gasteiger partial charge in [-0.1, -0.05) is 26.0 Å². The lowest BCUT2D eigenvalue weighted by molar-refractivity contribution is -0.124. The van der Waals surface area contributed by atoms with Gasteiger partial charge in [0.15, 0.2) is 0 Å². The van der Waals surface area contributed by atoms with Crippen LogP contribution < -0.4 is 0 Å². The topological polar surface area (TPSA) is 17.1 Å². The van der Waals surface area contributed by atoms with E-state index < -0.39 is 0 Å². The second-order valence-electron chi connectivity index (χ2n) is 2.76. The van der Waals surface area contributed by atoms with Gasteiger partial charge in [0, 0.05) is 11.8 Å². The third-order valence-corrected chi connectivity index (χ3v) is 1.85. The fraction of sp³-hybridized carbons (Fsp3) is 0.625. The van der Waals surface area contributed by atoms with Crippen LogP contribution in [0.15, 0.2) is 12.2 Å². The maximum absolute atomic E-state index is 11.1. The zero-order chi connectivity index (χ0) is 6.85. The molecule has 0 aromatic carbocycles. The Morgan fingerprint density at radius 2 is 2.22 bits per heavy atom. The number of carbonyl (C=O) groups excluding carboxylic acids is 1. The van der Waals surface area contributed by atoms with Gasteiger partial charge in [0.25, 0.3) is 0 Å². The molecule has 0 fully saturated rings. The van der Waals surface area contributed by atoms with Crippen molar-refractivity contribution in [3.63, 3.8) is 0 Å². The van der Waals surface area contributed by atoms with E-state index in [1.807, 2.05) is 19.9 Å². The average Bonchev–Trinajstić information content (AvgIpc) is 1.83. The molecule has 1 aliphatic carbocycles. The Balaban J connectivity index is 2.69. The molecule has 0 N–H and O–H groups in total. The number of rotatable bonds is 0. The van der Waals surface area contributed by atoms with Gasteiger partial charge in [0.1, 0.15) is 5.78 Å². The lowest BCUT2D eigenvalue weighted by Gasteiger charge is -2.15. The second kappa shape index (κ2) is 2.34. The molecule has 2 unspecified atom stereocenters. The highest BCUT2D eigenvalue weighted by molar-refractivity contribution is 5.85. The molecule has 0 aliphatic heterocycles. The minimum Gasteiger partial charge on any atom is -0.299 e. The molecule has 0 aromatic heterocycles. The van der Waals surface area contributed by atoms with Crippen LogP contribution in [0, 0.1) is 11.8 Å². The fourth-order valence-electron chi connectivity index (χ4n) is 1.15. The Kier molecular flexibility index (Phi) is 1.70. The summed E-state index contributed by atoms with van der Waals surface area (Å²) >= 11 is 0. The van der Waals surface area contributed by atoms with Crippen LogP contribution in [-0.4, -0.2) is 5.78 Å². The first-order valence-corrected chi connectivity index (χ1v) is 3.42. The third kappa shape index (κ3) is 1.21. The molecule has 1 rings (SSSR count). The molecule has 9 heavy (non-hydrogen) atoms. The predicted octanol–water partition coefficient (Wildman–Crippen LogP) is 1.79. The predicted molar refractivity (Wildman–Crippen MR) is 37.1 cm³/mol. The van der Waals surface area contributed by atoms with Gasteiger partial charge in [0.05, 0.1) is 0 Å². The Morgan fingerprint density at radius 3 is 2.67 bits per heavy atom. The van der Waals surface area contributed by atoms with Crippen LogP contribution in [0.2, 0.25) is 0 Å². The van der Waals surface area contributed by atoms with E-state index in [1.54, 1.807) is 0 Å². The van der Waals surface area contributed by atoms with Crippen molar-refractivity contribution in [2.24, 2.45) is 11.8 Å². The number of hydrogen-bond donors (Lipinski definition) is 0. The van der Waals surface area contributed by atoms with Crippen LogP contribution in [0.5, 0.6) is 0 Å². The summed E-state index contributed by atoms with van der Waals surface area (Å²) < 4.78 is 0. The minimum absolute atomic E-state index is 0.161. The van der Waals surface area contributed by atoms with Crippen LogP contribution in [0.1, 0.15) is 20.3 Å². The first kappa shape index (κ1) is 6.53. The summed E-state index contributed by atoms with van der Waals surface area (Å²) in [5, 5.41) is 0. The summed E-state index contributed by atoms with van der Waals surface area (Å²) in [6.07, 6.45) is 5.02. The standard InChI is InChI=1S/C8H12O/c1-6-4-3-5-7(2)8(6)9/h3-4,6-7H,5H2,1-2H3. The zero-order valence-electron chi connectivity index (χ0n) is 5.92. The van der Waals surface area contributed by atoms with E-state index in [-0.39, 0.29) is 11.8 Å². The van der Waals surface area contributed by atoms with Crippen LogP contribution in [0.25, 0.3) is 0 Å². The van der Waals surface area contributed by atoms with Crippen molar-refractivity contribution in [1.29, 1.82) is 0 Å². The van der Waals surface area contributed by atoms with E-state index in [9.17, 15) is 4.79 Å². The first-order valence-electron chi connectivity index (χ1n) is 3.42. The van der Waals surface area contributed by atoms with Gasteiger partial charge in [-0.15, -0.1) is 0 Å². The molecule has 0 saturated heterocycles. The number of carbonyl (C=O) groups is 1. The van der Waals surface area contributed by atoms with Crippen molar-refractivity contribution in [3.05, 3.63) is 12.2 Å². The third-order valence-electron chi connectivity index (χ3n) is 1.85. The molecule has 0 radical (unpaired) electrons. The quantitative estimate of drug-likeness (QED) is 0.450. The summed E-state index contributed by atoms with van der Waals surface area (Å²) in [7, 11) is 0. The number of hydrogen-bond acceptors (Lipinski definition) is 1. The Hall–Kier alpha value is -0.590. The van der Waals surface area contributed by atoms with Crippen LogP contribution in [-0.2, 0) is 4.79 Å². The van der Waals surface area contributed by atoms with Crippen molar-refractivity contribution in [1.82, 2.24) is 0 Å². The van der Waals surface area contributed by atoms with Gasteiger partial charge in [-0.2, -0.15) is 0 Å². The Morgan fingerprint density at radius 1 is 1.56 bits per heavy atom. The maximum Gasteiger partial charge on any atom is 0.142 e. The lowest BCUT2D eigenvalue weighted by atomic mass is 9.88. The Bertz CT molecular complexity index is 147. The summed E-state index contributed by atoms with van der Waals surface area (Å²) in [6, 6.07) is 0. The molecule has 0 saturated carbocycles. The largest absolute Gasteiger partial charge is 0.299 e. The highest BCUT2D eigenvalue weighted by Gasteiger charge is 2.19. The molecule has 0 amide bonds. The molecular weight excluding hydrogens is 112 g/mol. The molecule has 0 bridgehead atoms. The molecule has 0 spiro atoms. The molecule has 1 heteroatoms. The molecule has 50 valence electrons. The average molecular weight is 124 g/mol. The molecule has 1 aliphatic rings. The van der Waals surface area contributed by atoms with E-state index in [1.165, 1.54) is 0 Å². The van der Waals surface area contributed by atoms with Crippen LogP contribution in [0.4, 0.5) is 0 Å². The molecule has 1 nitrogen and oxygen atoms in total. The van der Waals surface area contributed by atoms with E-state index in [0.717, 1.165) is 6.42 Å². The van der Waals surface area contributed by atoms with Crippen LogP contribution >= 0.6 is 0 Å². The number of ketones is 1. The molecule has 0 heterocycles. The lowest BCUT2D eigenvalue weighted by Crippen LogP contribution is -2.20. The van der Waals surface area contributed by atoms with Crippen molar-refractivity contribution >= 4 is 5.78 Å². The van der Waals surface area contributed by atoms with Gasteiger partial charge in [-0.05, 0) is 6.42 Å². The van der Waals surface area contributed by atoms with Gasteiger partial charge in [-0.25, -0.2) is 0 Å². The second-order valence-corrected chi connectivity index (χ2v) is 2.76. The van der Waals surface area contributed by atoms with E-state index in [2.05, 4.69) is 6.08 Å². The van der Waals surface area contributed by atoms with E-state index in [0.29, 0.717) is 5.78 Å². The van der Waals surface area contributed by atoms with Gasteiger partial charge in [-0.3, -0.25) is 4.79 Å². The smallest absolute Gasteiger partial charge is 0.142 e. The highest BCUT2D eigenvalue weighted by atomic mass is 16.1. The summed E-state index contributed by atoms with van der Waals surface area (Å²) in [4.78, 5) is 11.1. The molecule has 0 aromatic rings. The highest BCUT2D eigenvalue weighted by Crippen LogP contribution is 2.17. The maximum atomic E-state index is 11.1. The summed E-state index contributed by atoms with van der Waals surface area (Å²) in [5.41, 5.74) is 0. The monoisotopic (exact) mass is 124 g/mol.